The van der Waals surface area contributed by atoms with Gasteiger partial charge in [0.25, 0.3) is 0 Å². The number of ether oxygens (including phenoxy) is 2. The van der Waals surface area contributed by atoms with E-state index < -0.39 is 11.5 Å². The minimum atomic E-state index is -1.12. The fourth-order valence-corrected chi connectivity index (χ4v) is 5.57. The monoisotopic (exact) mass is 308 g/mol. The number of rotatable bonds is 2. The Balaban J connectivity index is 1.86. The van der Waals surface area contributed by atoms with Crippen molar-refractivity contribution in [3.8, 4) is 0 Å². The molecule has 2 aliphatic carbocycles. The van der Waals surface area contributed by atoms with Gasteiger partial charge in [-0.1, -0.05) is 6.92 Å². The summed E-state index contributed by atoms with van der Waals surface area (Å²) < 4.78 is 12.4. The summed E-state index contributed by atoms with van der Waals surface area (Å²) in [5.74, 6) is 0.159. The van der Waals surface area contributed by atoms with E-state index in [9.17, 15) is 15.0 Å². The van der Waals surface area contributed by atoms with Crippen LogP contribution >= 0.6 is 0 Å². The predicted octanol–water partition coefficient (Wildman–Crippen LogP) is 0.828. The van der Waals surface area contributed by atoms with Gasteiger partial charge in [0.2, 0.25) is 0 Å². The molecule has 0 aromatic carbocycles. The van der Waals surface area contributed by atoms with Crippen LogP contribution in [0.15, 0.2) is 11.6 Å². The van der Waals surface area contributed by atoms with Gasteiger partial charge < -0.3 is 19.7 Å². The SMILES string of the molecule is CC1=C[C@H]2O[C@@H]3[C@H](C)C[C@@H](C34CCO4)C2(CCO)C(O)C1=O. The van der Waals surface area contributed by atoms with Gasteiger partial charge >= 0.3 is 0 Å². The van der Waals surface area contributed by atoms with E-state index in [1.807, 2.05) is 6.08 Å². The van der Waals surface area contributed by atoms with E-state index in [1.165, 1.54) is 0 Å². The van der Waals surface area contributed by atoms with Gasteiger partial charge in [-0.05, 0) is 37.3 Å². The number of carbonyl (C=O) groups excluding carboxylic acids is 1. The Morgan fingerprint density at radius 1 is 1.45 bits per heavy atom. The fraction of sp³-hybridized carbons (Fsp3) is 0.824. The molecule has 2 bridgehead atoms. The Kier molecular flexibility index (Phi) is 3.12. The van der Waals surface area contributed by atoms with Gasteiger partial charge in [0.15, 0.2) is 5.78 Å². The third-order valence-corrected chi connectivity index (χ3v) is 6.62. The van der Waals surface area contributed by atoms with Gasteiger partial charge in [0, 0.05) is 24.4 Å². The van der Waals surface area contributed by atoms with Crippen molar-refractivity contribution < 1.29 is 24.5 Å². The zero-order chi connectivity index (χ0) is 15.7. The molecule has 5 nitrogen and oxygen atoms in total. The summed E-state index contributed by atoms with van der Waals surface area (Å²) in [6.45, 7) is 4.53. The van der Waals surface area contributed by atoms with Crippen LogP contribution in [0.2, 0.25) is 0 Å². The molecule has 3 fully saturated rings. The molecular formula is C17H24O5. The number of fused-ring (bicyclic) bond motifs is 2. The van der Waals surface area contributed by atoms with E-state index in [-0.39, 0.29) is 36.1 Å². The average molecular weight is 308 g/mol. The summed E-state index contributed by atoms with van der Waals surface area (Å²) in [7, 11) is 0. The molecule has 3 unspecified atom stereocenters. The normalized spacial score (nSPS) is 53.2. The Morgan fingerprint density at radius 2 is 2.18 bits per heavy atom. The molecule has 0 aromatic heterocycles. The summed E-state index contributed by atoms with van der Waals surface area (Å²) in [5, 5.41) is 20.5. The second-order valence-corrected chi connectivity index (χ2v) is 7.50. The van der Waals surface area contributed by atoms with Gasteiger partial charge in [0.05, 0.1) is 18.8 Å². The van der Waals surface area contributed by atoms with E-state index >= 15 is 0 Å². The lowest BCUT2D eigenvalue weighted by atomic mass is 9.54. The van der Waals surface area contributed by atoms with Crippen molar-refractivity contribution in [2.24, 2.45) is 17.3 Å². The Morgan fingerprint density at radius 3 is 2.77 bits per heavy atom. The van der Waals surface area contributed by atoms with Crippen LogP contribution in [0.25, 0.3) is 0 Å². The van der Waals surface area contributed by atoms with Gasteiger partial charge in [-0.2, -0.15) is 0 Å². The molecular weight excluding hydrogens is 284 g/mol. The van der Waals surface area contributed by atoms with Crippen LogP contribution in [0, 0.1) is 17.3 Å². The van der Waals surface area contributed by atoms with Crippen LogP contribution in [0.1, 0.15) is 33.1 Å². The topological polar surface area (TPSA) is 76.0 Å². The lowest BCUT2D eigenvalue weighted by molar-refractivity contribution is -0.312. The van der Waals surface area contributed by atoms with E-state index in [4.69, 9.17) is 9.47 Å². The second kappa shape index (κ2) is 4.63. The van der Waals surface area contributed by atoms with Crippen LogP contribution in [0.3, 0.4) is 0 Å². The quantitative estimate of drug-likeness (QED) is 0.790. The van der Waals surface area contributed by atoms with Crippen molar-refractivity contribution in [1.29, 1.82) is 0 Å². The summed E-state index contributed by atoms with van der Waals surface area (Å²) in [4.78, 5) is 12.4. The molecule has 7 atom stereocenters. The minimum Gasteiger partial charge on any atom is -0.396 e. The molecule has 2 saturated heterocycles. The molecule has 2 heterocycles. The Labute approximate surface area is 130 Å². The Bertz CT molecular complexity index is 537. The number of hydrogen-bond donors (Lipinski definition) is 2. The molecule has 2 aliphatic heterocycles. The fourth-order valence-electron chi connectivity index (χ4n) is 5.57. The number of aliphatic hydroxyl groups is 2. The third-order valence-electron chi connectivity index (χ3n) is 6.62. The molecule has 22 heavy (non-hydrogen) atoms. The first-order valence-electron chi connectivity index (χ1n) is 8.28. The van der Waals surface area contributed by atoms with Crippen molar-refractivity contribution in [2.45, 2.75) is 57.0 Å². The highest BCUT2D eigenvalue weighted by atomic mass is 16.6. The molecule has 4 rings (SSSR count). The van der Waals surface area contributed by atoms with E-state index in [2.05, 4.69) is 6.92 Å². The maximum absolute atomic E-state index is 12.4. The molecule has 122 valence electrons. The first-order valence-corrected chi connectivity index (χ1v) is 8.28. The zero-order valence-electron chi connectivity index (χ0n) is 13.1. The molecule has 0 aromatic rings. The minimum absolute atomic E-state index is 0.0209. The van der Waals surface area contributed by atoms with Crippen LogP contribution in [-0.2, 0) is 14.3 Å². The van der Waals surface area contributed by atoms with Crippen LogP contribution in [0.5, 0.6) is 0 Å². The molecule has 1 saturated carbocycles. The first-order chi connectivity index (χ1) is 10.5. The van der Waals surface area contributed by atoms with Crippen LogP contribution in [0.4, 0.5) is 0 Å². The molecule has 4 aliphatic rings. The van der Waals surface area contributed by atoms with E-state index in [0.717, 1.165) is 12.8 Å². The number of Topliss-reactive ketones (excluding diaryl/α,β-unsaturated/α-hetero) is 1. The van der Waals surface area contributed by atoms with Gasteiger partial charge in [0.1, 0.15) is 11.7 Å². The molecule has 0 amide bonds. The summed E-state index contributed by atoms with van der Waals surface area (Å²) >= 11 is 0. The maximum atomic E-state index is 12.4. The number of carbonyl (C=O) groups is 1. The van der Waals surface area contributed by atoms with E-state index in [1.54, 1.807) is 6.92 Å². The highest BCUT2D eigenvalue weighted by molar-refractivity contribution is 6.00. The lowest BCUT2D eigenvalue weighted by Gasteiger charge is -2.61. The second-order valence-electron chi connectivity index (χ2n) is 7.50. The van der Waals surface area contributed by atoms with Crippen molar-refractivity contribution in [1.82, 2.24) is 0 Å². The van der Waals surface area contributed by atoms with E-state index in [0.29, 0.717) is 24.5 Å². The first kappa shape index (κ1) is 14.8. The molecule has 2 N–H and O–H groups in total. The third kappa shape index (κ3) is 1.51. The molecule has 5 heteroatoms. The van der Waals surface area contributed by atoms with Gasteiger partial charge in [-0.3, -0.25) is 4.79 Å². The highest BCUT2D eigenvalue weighted by Crippen LogP contribution is 2.65. The van der Waals surface area contributed by atoms with Crippen LogP contribution in [-0.4, -0.2) is 53.1 Å². The van der Waals surface area contributed by atoms with Crippen molar-refractivity contribution in [3.63, 3.8) is 0 Å². The molecule has 0 radical (unpaired) electrons. The average Bonchev–Trinajstić information content (AvgIpc) is 2.68. The van der Waals surface area contributed by atoms with Crippen molar-refractivity contribution in [3.05, 3.63) is 11.6 Å². The standard InChI is InChI=1S/C17H24O5/c1-9-8-12-16(3-5-18,14(20)13(9)19)11-7-10(2)15(22-12)17(11)4-6-21-17/h8,10-12,14-15,18,20H,3-7H2,1-2H3/t10-,11-,12-,14?,15-,16?,17?/m1/s1. The zero-order valence-corrected chi connectivity index (χ0v) is 13.1. The number of ketones is 1. The lowest BCUT2D eigenvalue weighted by Crippen LogP contribution is -2.71. The van der Waals surface area contributed by atoms with Crippen molar-refractivity contribution in [2.75, 3.05) is 13.2 Å². The number of hydrogen-bond acceptors (Lipinski definition) is 5. The highest BCUT2D eigenvalue weighted by Gasteiger charge is 2.73. The largest absolute Gasteiger partial charge is 0.396 e. The summed E-state index contributed by atoms with van der Waals surface area (Å²) in [6.07, 6.45) is 2.59. The summed E-state index contributed by atoms with van der Waals surface area (Å²) in [6, 6.07) is 0. The summed E-state index contributed by atoms with van der Waals surface area (Å²) in [5.41, 5.74) is -0.568. The van der Waals surface area contributed by atoms with Gasteiger partial charge in [-0.15, -0.1) is 0 Å². The maximum Gasteiger partial charge on any atom is 0.187 e. The predicted molar refractivity (Wildman–Crippen MR) is 78.1 cm³/mol. The van der Waals surface area contributed by atoms with Gasteiger partial charge in [-0.25, -0.2) is 0 Å². The smallest absolute Gasteiger partial charge is 0.187 e. The van der Waals surface area contributed by atoms with Crippen LogP contribution < -0.4 is 0 Å². The Hall–Kier alpha value is -0.750. The number of aliphatic hydroxyl groups excluding tert-OH is 2. The molecule has 1 spiro atoms. The van der Waals surface area contributed by atoms with Crippen molar-refractivity contribution >= 4 is 5.78 Å².